The zero-order chi connectivity index (χ0) is 16.6. The van der Waals surface area contributed by atoms with Gasteiger partial charge in [0.05, 0.1) is 0 Å². The number of rotatable bonds is 5. The summed E-state index contributed by atoms with van der Waals surface area (Å²) in [6.45, 7) is 6.11. The van der Waals surface area contributed by atoms with Crippen molar-refractivity contribution < 1.29 is 9.53 Å². The molecule has 2 aliphatic carbocycles. The molecule has 0 aromatic heterocycles. The largest absolute Gasteiger partial charge is 0.481 e. The third kappa shape index (κ3) is 3.52. The van der Waals surface area contributed by atoms with Crippen molar-refractivity contribution in [3.05, 3.63) is 29.8 Å². The van der Waals surface area contributed by atoms with Gasteiger partial charge in [-0.15, -0.1) is 0 Å². The van der Waals surface area contributed by atoms with Gasteiger partial charge in [0.25, 0.3) is 5.91 Å². The second-order valence-corrected chi connectivity index (χ2v) is 7.49. The summed E-state index contributed by atoms with van der Waals surface area (Å²) in [4.78, 5) is 12.4. The van der Waals surface area contributed by atoms with Gasteiger partial charge in [0.2, 0.25) is 0 Å². The lowest BCUT2D eigenvalue weighted by molar-refractivity contribution is -0.128. The maximum Gasteiger partial charge on any atom is 0.261 e. The molecular weight excluding hydrogens is 288 g/mol. The molecule has 3 rings (SSSR count). The molecule has 1 aromatic carbocycles. The van der Waals surface area contributed by atoms with Crippen LogP contribution in [0.2, 0.25) is 0 Å². The number of carbonyl (C=O) groups excluding carboxylic acids is 1. The maximum atomic E-state index is 12.4. The molecule has 5 unspecified atom stereocenters. The Hall–Kier alpha value is -1.55. The molecule has 4 heteroatoms. The number of nitrogens with one attached hydrogen (secondary N) is 1. The third-order valence-electron chi connectivity index (χ3n) is 5.45. The van der Waals surface area contributed by atoms with Gasteiger partial charge < -0.3 is 15.8 Å². The van der Waals surface area contributed by atoms with Gasteiger partial charge >= 0.3 is 0 Å². The fraction of sp³-hybridized carbons (Fsp3) is 0.632. The van der Waals surface area contributed by atoms with Crippen molar-refractivity contribution in [2.75, 3.05) is 0 Å². The first-order valence-corrected chi connectivity index (χ1v) is 8.76. The second-order valence-electron chi connectivity index (χ2n) is 7.49. The van der Waals surface area contributed by atoms with E-state index in [9.17, 15) is 4.79 Å². The van der Waals surface area contributed by atoms with Gasteiger partial charge in [-0.25, -0.2) is 0 Å². The number of amides is 1. The van der Waals surface area contributed by atoms with Crippen molar-refractivity contribution in [1.82, 2.24) is 5.32 Å². The number of carbonyl (C=O) groups is 1. The van der Waals surface area contributed by atoms with E-state index < -0.39 is 6.10 Å². The molecule has 0 radical (unpaired) electrons. The van der Waals surface area contributed by atoms with Crippen LogP contribution in [-0.2, 0) is 4.79 Å². The standard InChI is InChI=1S/C19H28N2O2/c1-11(2)13-5-4-6-16(8-13)23-12(3)19(22)21-18-10-14-7-15(18)9-17(14)20/h4-6,8,11-12,14-15,17-18H,7,9-10,20H2,1-3H3,(H,21,22). The first-order chi connectivity index (χ1) is 10.9. The predicted molar refractivity (Wildman–Crippen MR) is 91.4 cm³/mol. The average molecular weight is 316 g/mol. The average Bonchev–Trinajstić information content (AvgIpc) is 3.06. The van der Waals surface area contributed by atoms with E-state index in [4.69, 9.17) is 10.5 Å². The lowest BCUT2D eigenvalue weighted by Gasteiger charge is -2.27. The van der Waals surface area contributed by atoms with Gasteiger partial charge in [-0.2, -0.15) is 0 Å². The van der Waals surface area contributed by atoms with Crippen molar-refractivity contribution in [3.8, 4) is 5.75 Å². The van der Waals surface area contributed by atoms with Gasteiger partial charge in [0.15, 0.2) is 6.10 Å². The summed E-state index contributed by atoms with van der Waals surface area (Å²) >= 11 is 0. The normalized spacial score (nSPS) is 30.5. The molecule has 0 saturated heterocycles. The van der Waals surface area contributed by atoms with Gasteiger partial charge in [-0.3, -0.25) is 4.79 Å². The van der Waals surface area contributed by atoms with Gasteiger partial charge in [0, 0.05) is 12.1 Å². The van der Waals surface area contributed by atoms with E-state index in [2.05, 4.69) is 25.2 Å². The number of hydrogen-bond donors (Lipinski definition) is 2. The van der Waals surface area contributed by atoms with E-state index in [1.54, 1.807) is 0 Å². The summed E-state index contributed by atoms with van der Waals surface area (Å²) in [5.41, 5.74) is 7.30. The molecular formula is C19H28N2O2. The summed E-state index contributed by atoms with van der Waals surface area (Å²) < 4.78 is 5.84. The Labute approximate surface area is 138 Å². The Morgan fingerprint density at radius 1 is 1.22 bits per heavy atom. The third-order valence-corrected chi connectivity index (χ3v) is 5.45. The van der Waals surface area contributed by atoms with Crippen molar-refractivity contribution >= 4 is 5.91 Å². The van der Waals surface area contributed by atoms with Crippen LogP contribution >= 0.6 is 0 Å². The Morgan fingerprint density at radius 3 is 2.61 bits per heavy atom. The smallest absolute Gasteiger partial charge is 0.261 e. The van der Waals surface area contributed by atoms with Gasteiger partial charge in [-0.1, -0.05) is 26.0 Å². The van der Waals surface area contributed by atoms with E-state index >= 15 is 0 Å². The lowest BCUT2D eigenvalue weighted by atomic mass is 9.92. The van der Waals surface area contributed by atoms with Crippen LogP contribution in [0.3, 0.4) is 0 Å². The molecule has 2 fully saturated rings. The minimum Gasteiger partial charge on any atom is -0.481 e. The summed E-state index contributed by atoms with van der Waals surface area (Å²) in [6, 6.07) is 8.60. The lowest BCUT2D eigenvalue weighted by Crippen LogP contribution is -2.46. The van der Waals surface area contributed by atoms with E-state index in [0.29, 0.717) is 23.8 Å². The summed E-state index contributed by atoms with van der Waals surface area (Å²) in [7, 11) is 0. The highest BCUT2D eigenvalue weighted by Crippen LogP contribution is 2.43. The fourth-order valence-electron chi connectivity index (χ4n) is 4.00. The first kappa shape index (κ1) is 16.3. The van der Waals surface area contributed by atoms with Gasteiger partial charge in [-0.05, 0) is 61.6 Å². The molecule has 5 atom stereocenters. The molecule has 0 spiro atoms. The quantitative estimate of drug-likeness (QED) is 0.878. The minimum atomic E-state index is -0.481. The fourth-order valence-corrected chi connectivity index (χ4v) is 4.00. The number of hydrogen-bond acceptors (Lipinski definition) is 3. The molecule has 2 bridgehead atoms. The predicted octanol–water partition coefficient (Wildman–Crippen LogP) is 2.82. The van der Waals surface area contributed by atoms with Crippen LogP contribution in [-0.4, -0.2) is 24.1 Å². The number of fused-ring (bicyclic) bond motifs is 2. The summed E-state index contributed by atoms with van der Waals surface area (Å²) in [5, 5.41) is 3.17. The Balaban J connectivity index is 1.55. The first-order valence-electron chi connectivity index (χ1n) is 8.76. The Kier molecular flexibility index (Phi) is 4.62. The van der Waals surface area contributed by atoms with Crippen molar-refractivity contribution in [2.45, 2.75) is 64.1 Å². The highest BCUT2D eigenvalue weighted by molar-refractivity contribution is 5.81. The van der Waals surface area contributed by atoms with Crippen LogP contribution in [0.4, 0.5) is 0 Å². The summed E-state index contributed by atoms with van der Waals surface area (Å²) in [5.74, 6) is 2.32. The highest BCUT2D eigenvalue weighted by Gasteiger charge is 2.45. The molecule has 2 saturated carbocycles. The molecule has 3 N–H and O–H groups in total. The van der Waals surface area contributed by atoms with Crippen molar-refractivity contribution in [1.29, 1.82) is 0 Å². The SMILES string of the molecule is CC(Oc1cccc(C(C)C)c1)C(=O)NC1CC2CC1CC2N. The molecule has 2 aliphatic rings. The topological polar surface area (TPSA) is 64.3 Å². The Bertz CT molecular complexity index is 570. The molecule has 1 amide bonds. The van der Waals surface area contributed by atoms with Crippen LogP contribution < -0.4 is 15.8 Å². The maximum absolute atomic E-state index is 12.4. The monoisotopic (exact) mass is 316 g/mol. The van der Waals surface area contributed by atoms with E-state index in [-0.39, 0.29) is 11.9 Å². The van der Waals surface area contributed by atoms with E-state index in [0.717, 1.165) is 25.0 Å². The highest BCUT2D eigenvalue weighted by atomic mass is 16.5. The molecule has 126 valence electrons. The van der Waals surface area contributed by atoms with Crippen molar-refractivity contribution in [3.63, 3.8) is 0 Å². The summed E-state index contributed by atoms with van der Waals surface area (Å²) in [6.07, 6.45) is 2.75. The molecule has 0 heterocycles. The molecule has 4 nitrogen and oxygen atoms in total. The minimum absolute atomic E-state index is 0.0222. The van der Waals surface area contributed by atoms with Crippen molar-refractivity contribution in [2.24, 2.45) is 17.6 Å². The zero-order valence-corrected chi connectivity index (χ0v) is 14.3. The molecule has 1 aromatic rings. The van der Waals surface area contributed by atoms with Crippen LogP contribution in [0.5, 0.6) is 5.75 Å². The van der Waals surface area contributed by atoms with Crippen LogP contribution in [0, 0.1) is 11.8 Å². The van der Waals surface area contributed by atoms with E-state index in [1.807, 2.05) is 25.1 Å². The number of nitrogens with two attached hydrogens (primary N) is 1. The number of ether oxygens (including phenoxy) is 1. The van der Waals surface area contributed by atoms with Crippen LogP contribution in [0.1, 0.15) is 51.5 Å². The molecule has 0 aliphatic heterocycles. The van der Waals surface area contributed by atoms with E-state index in [1.165, 1.54) is 5.56 Å². The van der Waals surface area contributed by atoms with Crippen LogP contribution in [0.15, 0.2) is 24.3 Å². The second kappa shape index (κ2) is 6.52. The Morgan fingerprint density at radius 2 is 2.00 bits per heavy atom. The zero-order valence-electron chi connectivity index (χ0n) is 14.3. The number of benzene rings is 1. The van der Waals surface area contributed by atoms with Crippen LogP contribution in [0.25, 0.3) is 0 Å². The van der Waals surface area contributed by atoms with Gasteiger partial charge in [0.1, 0.15) is 5.75 Å². The molecule has 23 heavy (non-hydrogen) atoms.